The molecule has 0 spiro atoms. The summed E-state index contributed by atoms with van der Waals surface area (Å²) in [7, 11) is 0. The highest BCUT2D eigenvalue weighted by atomic mass is 32.2. The first kappa shape index (κ1) is 10.3. The molecule has 0 aliphatic carbocycles. The average Bonchev–Trinajstić information content (AvgIpc) is 2.79. The Labute approximate surface area is 89.4 Å². The fraction of sp³-hybridized carbons (Fsp3) is 0.900. The van der Waals surface area contributed by atoms with Gasteiger partial charge in [-0.2, -0.15) is 11.8 Å². The van der Waals surface area contributed by atoms with Crippen LogP contribution in [0, 0.1) is 5.92 Å². The zero-order valence-electron chi connectivity index (χ0n) is 8.58. The molecule has 4 heteroatoms. The summed E-state index contributed by atoms with van der Waals surface area (Å²) in [5.74, 6) is 1.52. The molecular formula is C10H18N2OS. The van der Waals surface area contributed by atoms with Gasteiger partial charge >= 0.3 is 0 Å². The lowest BCUT2D eigenvalue weighted by Gasteiger charge is -2.19. The van der Waals surface area contributed by atoms with Crippen molar-refractivity contribution in [3.05, 3.63) is 0 Å². The Balaban J connectivity index is 1.75. The average molecular weight is 214 g/mol. The molecule has 2 rings (SSSR count). The van der Waals surface area contributed by atoms with E-state index in [2.05, 4.69) is 16.9 Å². The Morgan fingerprint density at radius 3 is 3.00 bits per heavy atom. The van der Waals surface area contributed by atoms with E-state index in [0.29, 0.717) is 12.1 Å². The molecule has 2 aliphatic heterocycles. The van der Waals surface area contributed by atoms with Crippen LogP contribution in [0.2, 0.25) is 0 Å². The van der Waals surface area contributed by atoms with Gasteiger partial charge in [-0.05, 0) is 25.5 Å². The van der Waals surface area contributed by atoms with Crippen molar-refractivity contribution < 1.29 is 4.79 Å². The monoisotopic (exact) mass is 214 g/mol. The van der Waals surface area contributed by atoms with E-state index in [-0.39, 0.29) is 11.8 Å². The maximum atomic E-state index is 11.7. The van der Waals surface area contributed by atoms with Crippen LogP contribution in [0.4, 0.5) is 0 Å². The van der Waals surface area contributed by atoms with E-state index in [1.807, 2.05) is 0 Å². The number of amides is 1. The van der Waals surface area contributed by atoms with Crippen LogP contribution in [-0.2, 0) is 4.79 Å². The zero-order valence-corrected chi connectivity index (χ0v) is 9.40. The number of carbonyl (C=O) groups is 1. The van der Waals surface area contributed by atoms with Crippen molar-refractivity contribution in [3.63, 3.8) is 0 Å². The minimum absolute atomic E-state index is 0.246. The summed E-state index contributed by atoms with van der Waals surface area (Å²) in [5.41, 5.74) is 0. The smallest absolute Gasteiger partial charge is 0.224 e. The van der Waals surface area contributed by atoms with E-state index in [4.69, 9.17) is 0 Å². The van der Waals surface area contributed by atoms with Gasteiger partial charge in [0.2, 0.25) is 5.91 Å². The summed E-state index contributed by atoms with van der Waals surface area (Å²) in [6, 6.07) is 1.09. The van der Waals surface area contributed by atoms with Crippen LogP contribution in [0.15, 0.2) is 0 Å². The molecule has 0 saturated carbocycles. The first-order valence-electron chi connectivity index (χ1n) is 5.34. The zero-order chi connectivity index (χ0) is 9.97. The quantitative estimate of drug-likeness (QED) is 0.674. The Morgan fingerprint density at radius 2 is 2.43 bits per heavy atom. The van der Waals surface area contributed by atoms with Crippen molar-refractivity contribution in [2.24, 2.45) is 5.92 Å². The Bertz CT molecular complexity index is 222. The van der Waals surface area contributed by atoms with Gasteiger partial charge in [0.25, 0.3) is 0 Å². The summed E-state index contributed by atoms with van der Waals surface area (Å²) in [6.45, 7) is 0.813. The van der Waals surface area contributed by atoms with Crippen molar-refractivity contribution in [2.75, 3.05) is 18.6 Å². The summed E-state index contributed by atoms with van der Waals surface area (Å²) >= 11 is 1.77. The number of thioether (sulfide) groups is 1. The highest BCUT2D eigenvalue weighted by Crippen LogP contribution is 2.33. The molecule has 2 heterocycles. The fourth-order valence-electron chi connectivity index (χ4n) is 2.52. The minimum Gasteiger partial charge on any atom is -0.355 e. The number of rotatable bonds is 4. The first-order chi connectivity index (χ1) is 6.81. The second-order valence-electron chi connectivity index (χ2n) is 4.17. The number of nitrogens with one attached hydrogen (secondary N) is 2. The van der Waals surface area contributed by atoms with Crippen molar-refractivity contribution in [3.8, 4) is 0 Å². The molecule has 0 aromatic heterocycles. The van der Waals surface area contributed by atoms with E-state index in [9.17, 15) is 4.79 Å². The predicted octanol–water partition coefficient (Wildman–Crippen LogP) is 0.606. The highest BCUT2D eigenvalue weighted by Gasteiger charge is 2.42. The molecule has 0 aromatic carbocycles. The molecule has 2 bridgehead atoms. The lowest BCUT2D eigenvalue weighted by molar-refractivity contribution is -0.125. The molecule has 14 heavy (non-hydrogen) atoms. The molecule has 80 valence electrons. The van der Waals surface area contributed by atoms with Gasteiger partial charge in [-0.1, -0.05) is 0 Å². The standard InChI is InChI=1S/C10H18N2OS/c1-14-5-4-11-10(13)8-6-7-2-3-9(8)12-7/h7-9,12H,2-6H2,1H3,(H,11,13). The summed E-state index contributed by atoms with van der Waals surface area (Å²) in [5, 5.41) is 6.49. The van der Waals surface area contributed by atoms with Crippen molar-refractivity contribution in [1.82, 2.24) is 10.6 Å². The third-order valence-corrected chi connectivity index (χ3v) is 3.85. The molecule has 3 nitrogen and oxygen atoms in total. The maximum Gasteiger partial charge on any atom is 0.224 e. The summed E-state index contributed by atoms with van der Waals surface area (Å²) < 4.78 is 0. The van der Waals surface area contributed by atoms with Crippen LogP contribution in [-0.4, -0.2) is 36.5 Å². The Morgan fingerprint density at radius 1 is 1.57 bits per heavy atom. The first-order valence-corrected chi connectivity index (χ1v) is 6.73. The van der Waals surface area contributed by atoms with Crippen molar-refractivity contribution in [1.29, 1.82) is 0 Å². The van der Waals surface area contributed by atoms with Gasteiger partial charge in [0.15, 0.2) is 0 Å². The lowest BCUT2D eigenvalue weighted by Crippen LogP contribution is -2.38. The third-order valence-electron chi connectivity index (χ3n) is 3.24. The van der Waals surface area contributed by atoms with E-state index >= 15 is 0 Å². The molecule has 2 saturated heterocycles. The van der Waals surface area contributed by atoms with Gasteiger partial charge in [0.05, 0.1) is 5.92 Å². The van der Waals surface area contributed by atoms with E-state index in [0.717, 1.165) is 18.7 Å². The Kier molecular flexibility index (Phi) is 3.34. The van der Waals surface area contributed by atoms with E-state index < -0.39 is 0 Å². The lowest BCUT2D eigenvalue weighted by atomic mass is 9.88. The molecule has 3 atom stereocenters. The van der Waals surface area contributed by atoms with Gasteiger partial charge in [-0.3, -0.25) is 4.79 Å². The van der Waals surface area contributed by atoms with Crippen LogP contribution < -0.4 is 10.6 Å². The highest BCUT2D eigenvalue weighted by molar-refractivity contribution is 7.98. The normalized spacial score (nSPS) is 34.8. The fourth-order valence-corrected chi connectivity index (χ4v) is 2.83. The van der Waals surface area contributed by atoms with E-state index in [1.165, 1.54) is 12.8 Å². The minimum atomic E-state index is 0.246. The number of fused-ring (bicyclic) bond motifs is 2. The van der Waals surface area contributed by atoms with Crippen LogP contribution in [0.5, 0.6) is 0 Å². The second kappa shape index (κ2) is 4.53. The maximum absolute atomic E-state index is 11.7. The third kappa shape index (κ3) is 2.06. The number of carbonyl (C=O) groups excluding carboxylic acids is 1. The molecular weight excluding hydrogens is 196 g/mol. The van der Waals surface area contributed by atoms with Crippen molar-refractivity contribution in [2.45, 2.75) is 31.3 Å². The second-order valence-corrected chi connectivity index (χ2v) is 5.16. The molecule has 2 N–H and O–H groups in total. The summed E-state index contributed by atoms with van der Waals surface area (Å²) in [6.07, 6.45) is 5.56. The van der Waals surface area contributed by atoms with Gasteiger partial charge in [0.1, 0.15) is 0 Å². The molecule has 1 amide bonds. The number of hydrogen-bond donors (Lipinski definition) is 2. The van der Waals surface area contributed by atoms with Crippen molar-refractivity contribution >= 4 is 17.7 Å². The number of hydrogen-bond acceptors (Lipinski definition) is 3. The largest absolute Gasteiger partial charge is 0.355 e. The van der Waals surface area contributed by atoms with E-state index in [1.54, 1.807) is 11.8 Å². The SMILES string of the molecule is CSCCNC(=O)C1CC2CCC1N2. The van der Waals surface area contributed by atoms with Gasteiger partial charge in [-0.15, -0.1) is 0 Å². The molecule has 3 unspecified atom stereocenters. The van der Waals surface area contributed by atoms with Crippen LogP contribution in [0.1, 0.15) is 19.3 Å². The van der Waals surface area contributed by atoms with Gasteiger partial charge < -0.3 is 10.6 Å². The predicted molar refractivity (Wildman–Crippen MR) is 59.4 cm³/mol. The van der Waals surface area contributed by atoms with Crippen LogP contribution in [0.3, 0.4) is 0 Å². The van der Waals surface area contributed by atoms with Gasteiger partial charge in [0, 0.05) is 24.4 Å². The van der Waals surface area contributed by atoms with Crippen LogP contribution in [0.25, 0.3) is 0 Å². The van der Waals surface area contributed by atoms with Gasteiger partial charge in [-0.25, -0.2) is 0 Å². The summed E-state index contributed by atoms with van der Waals surface area (Å²) in [4.78, 5) is 11.7. The molecule has 2 aliphatic rings. The topological polar surface area (TPSA) is 41.1 Å². The molecule has 0 radical (unpaired) electrons. The van der Waals surface area contributed by atoms with Crippen LogP contribution >= 0.6 is 11.8 Å². The molecule has 2 fully saturated rings. The Hall–Kier alpha value is -0.220. The molecule has 0 aromatic rings.